The number of carbonyl (C=O) groups excluding carboxylic acids is 1. The van der Waals surface area contributed by atoms with Gasteiger partial charge in [0.2, 0.25) is 0 Å². The third-order valence-electron chi connectivity index (χ3n) is 4.03. The summed E-state index contributed by atoms with van der Waals surface area (Å²) < 4.78 is 0. The van der Waals surface area contributed by atoms with E-state index in [9.17, 15) is 4.79 Å². The Kier molecular flexibility index (Phi) is 14.5. The quantitative estimate of drug-likeness (QED) is 0.236. The average molecular weight is 311 g/mol. The molecule has 130 valence electrons. The number of hydrazine groups is 1. The van der Waals surface area contributed by atoms with Gasteiger partial charge < -0.3 is 0 Å². The van der Waals surface area contributed by atoms with Gasteiger partial charge in [0.25, 0.3) is 5.91 Å². The average Bonchev–Trinajstić information content (AvgIpc) is 2.54. The first-order chi connectivity index (χ1) is 10.7. The second kappa shape index (κ2) is 15.1. The van der Waals surface area contributed by atoms with Crippen LogP contribution in [0.3, 0.4) is 0 Å². The standard InChI is InChI=1S/C19H38N2O/c1-5-9-12-14-16-20(17-15-13-10-6-2)21(18-11-7-3)19(22)8-4/h8H,4-7,9-18H2,1-3H3. The highest BCUT2D eigenvalue weighted by atomic mass is 16.2. The molecule has 22 heavy (non-hydrogen) atoms. The molecule has 0 aromatic heterocycles. The van der Waals surface area contributed by atoms with Crippen molar-refractivity contribution in [2.24, 2.45) is 0 Å². The Morgan fingerprint density at radius 1 is 0.773 bits per heavy atom. The van der Waals surface area contributed by atoms with Crippen LogP contribution < -0.4 is 0 Å². The molecule has 0 aromatic carbocycles. The minimum Gasteiger partial charge on any atom is -0.272 e. The number of carbonyl (C=O) groups is 1. The van der Waals surface area contributed by atoms with Crippen molar-refractivity contribution in [3.05, 3.63) is 12.7 Å². The predicted octanol–water partition coefficient (Wildman–Crippen LogP) is 5.18. The topological polar surface area (TPSA) is 23.6 Å². The van der Waals surface area contributed by atoms with Gasteiger partial charge in [-0.05, 0) is 25.3 Å². The fourth-order valence-corrected chi connectivity index (χ4v) is 2.60. The van der Waals surface area contributed by atoms with Crippen molar-refractivity contribution in [3.63, 3.8) is 0 Å². The van der Waals surface area contributed by atoms with Crippen molar-refractivity contribution in [1.29, 1.82) is 0 Å². The lowest BCUT2D eigenvalue weighted by molar-refractivity contribution is -0.144. The van der Waals surface area contributed by atoms with Gasteiger partial charge in [0.1, 0.15) is 0 Å². The zero-order valence-corrected chi connectivity index (χ0v) is 15.3. The summed E-state index contributed by atoms with van der Waals surface area (Å²) in [5.74, 6) is 0.0550. The van der Waals surface area contributed by atoms with E-state index in [-0.39, 0.29) is 5.91 Å². The number of hydrogen-bond acceptors (Lipinski definition) is 2. The van der Waals surface area contributed by atoms with Crippen molar-refractivity contribution in [2.45, 2.75) is 85.0 Å². The highest BCUT2D eigenvalue weighted by Gasteiger charge is 2.18. The van der Waals surface area contributed by atoms with Crippen molar-refractivity contribution in [1.82, 2.24) is 10.0 Å². The molecule has 0 saturated heterocycles. The summed E-state index contributed by atoms with van der Waals surface area (Å²) in [6.45, 7) is 13.1. The van der Waals surface area contributed by atoms with Gasteiger partial charge >= 0.3 is 0 Å². The fourth-order valence-electron chi connectivity index (χ4n) is 2.60. The Bertz CT molecular complexity index is 267. The van der Waals surface area contributed by atoms with E-state index in [4.69, 9.17) is 0 Å². The highest BCUT2D eigenvalue weighted by Crippen LogP contribution is 2.10. The molecular formula is C19H38N2O. The minimum atomic E-state index is 0.0550. The Labute approximate surface area is 138 Å². The molecule has 0 atom stereocenters. The van der Waals surface area contributed by atoms with E-state index in [2.05, 4.69) is 32.4 Å². The number of hydrogen-bond donors (Lipinski definition) is 0. The van der Waals surface area contributed by atoms with E-state index in [1.807, 2.05) is 5.01 Å². The molecule has 0 aromatic rings. The summed E-state index contributed by atoms with van der Waals surface area (Å²) in [7, 11) is 0. The Balaban J connectivity index is 4.55. The maximum atomic E-state index is 12.2. The zero-order valence-electron chi connectivity index (χ0n) is 15.3. The maximum Gasteiger partial charge on any atom is 0.260 e. The first-order valence-electron chi connectivity index (χ1n) is 9.39. The van der Waals surface area contributed by atoms with Crippen LogP contribution in [0.2, 0.25) is 0 Å². The Hall–Kier alpha value is -0.830. The summed E-state index contributed by atoms with van der Waals surface area (Å²) in [6, 6.07) is 0. The molecule has 0 aliphatic heterocycles. The summed E-state index contributed by atoms with van der Waals surface area (Å²) in [5.41, 5.74) is 0. The monoisotopic (exact) mass is 310 g/mol. The number of nitrogens with zero attached hydrogens (tertiary/aromatic N) is 2. The van der Waals surface area contributed by atoms with Gasteiger partial charge in [0, 0.05) is 19.6 Å². The lowest BCUT2D eigenvalue weighted by Crippen LogP contribution is -2.47. The Morgan fingerprint density at radius 2 is 1.27 bits per heavy atom. The van der Waals surface area contributed by atoms with Crippen molar-refractivity contribution in [2.75, 3.05) is 19.6 Å². The van der Waals surface area contributed by atoms with Gasteiger partial charge in [-0.3, -0.25) is 9.80 Å². The van der Waals surface area contributed by atoms with Gasteiger partial charge in [0.05, 0.1) is 0 Å². The van der Waals surface area contributed by atoms with Crippen molar-refractivity contribution >= 4 is 5.91 Å². The van der Waals surface area contributed by atoms with Crippen LogP contribution in [0.4, 0.5) is 0 Å². The summed E-state index contributed by atoms with van der Waals surface area (Å²) in [5, 5.41) is 4.22. The van der Waals surface area contributed by atoms with Crippen molar-refractivity contribution < 1.29 is 4.79 Å². The maximum absolute atomic E-state index is 12.2. The molecular weight excluding hydrogens is 272 g/mol. The van der Waals surface area contributed by atoms with Crippen LogP contribution in [-0.4, -0.2) is 35.6 Å². The molecule has 0 unspecified atom stereocenters. The lowest BCUT2D eigenvalue weighted by Gasteiger charge is -2.34. The number of amides is 1. The van der Waals surface area contributed by atoms with Crippen LogP contribution in [0.5, 0.6) is 0 Å². The SMILES string of the molecule is C=CC(=O)N(CCCC)N(CCCCCC)CCCCCC. The van der Waals surface area contributed by atoms with Crippen LogP contribution in [0.25, 0.3) is 0 Å². The van der Waals surface area contributed by atoms with Crippen LogP contribution >= 0.6 is 0 Å². The second-order valence-corrected chi connectivity index (χ2v) is 6.09. The van der Waals surface area contributed by atoms with Crippen molar-refractivity contribution in [3.8, 4) is 0 Å². The highest BCUT2D eigenvalue weighted by molar-refractivity contribution is 5.86. The molecule has 0 saturated carbocycles. The minimum absolute atomic E-state index is 0.0550. The van der Waals surface area contributed by atoms with Crippen LogP contribution in [0.15, 0.2) is 12.7 Å². The van der Waals surface area contributed by atoms with Gasteiger partial charge in [-0.2, -0.15) is 0 Å². The molecule has 0 rings (SSSR count). The normalized spacial score (nSPS) is 10.9. The summed E-state index contributed by atoms with van der Waals surface area (Å²) in [6.07, 6.45) is 13.6. The molecule has 0 fully saturated rings. The predicted molar refractivity (Wildman–Crippen MR) is 96.7 cm³/mol. The molecule has 0 N–H and O–H groups in total. The molecule has 3 nitrogen and oxygen atoms in total. The van der Waals surface area contributed by atoms with Crippen LogP contribution in [0, 0.1) is 0 Å². The molecule has 0 radical (unpaired) electrons. The molecule has 0 bridgehead atoms. The van der Waals surface area contributed by atoms with Gasteiger partial charge in [0.15, 0.2) is 0 Å². The third kappa shape index (κ3) is 9.99. The first kappa shape index (κ1) is 21.2. The molecule has 3 heteroatoms. The van der Waals surface area contributed by atoms with Gasteiger partial charge in [-0.1, -0.05) is 72.3 Å². The van der Waals surface area contributed by atoms with Gasteiger partial charge in [-0.25, -0.2) is 5.01 Å². The largest absolute Gasteiger partial charge is 0.272 e. The molecule has 0 spiro atoms. The van der Waals surface area contributed by atoms with E-state index in [1.54, 1.807) is 0 Å². The van der Waals surface area contributed by atoms with Crippen LogP contribution in [-0.2, 0) is 4.79 Å². The van der Waals surface area contributed by atoms with E-state index in [0.717, 1.165) is 32.5 Å². The zero-order chi connectivity index (χ0) is 16.6. The second-order valence-electron chi connectivity index (χ2n) is 6.09. The smallest absolute Gasteiger partial charge is 0.260 e. The molecule has 0 aliphatic rings. The number of rotatable bonds is 15. The van der Waals surface area contributed by atoms with E-state index >= 15 is 0 Å². The van der Waals surface area contributed by atoms with E-state index in [0.29, 0.717) is 0 Å². The Morgan fingerprint density at radius 3 is 1.68 bits per heavy atom. The number of unbranched alkanes of at least 4 members (excludes halogenated alkanes) is 7. The van der Waals surface area contributed by atoms with E-state index < -0.39 is 0 Å². The fraction of sp³-hybridized carbons (Fsp3) is 0.842. The van der Waals surface area contributed by atoms with Crippen LogP contribution in [0.1, 0.15) is 85.0 Å². The molecule has 0 aliphatic carbocycles. The molecule has 1 amide bonds. The summed E-state index contributed by atoms with van der Waals surface area (Å²) >= 11 is 0. The first-order valence-corrected chi connectivity index (χ1v) is 9.39. The van der Waals surface area contributed by atoms with E-state index in [1.165, 1.54) is 57.4 Å². The third-order valence-corrected chi connectivity index (χ3v) is 4.03. The lowest BCUT2D eigenvalue weighted by atomic mass is 10.2. The van der Waals surface area contributed by atoms with Gasteiger partial charge in [-0.15, -0.1) is 0 Å². The molecule has 0 heterocycles. The summed E-state index contributed by atoms with van der Waals surface area (Å²) in [4.78, 5) is 12.2.